The first-order valence-electron chi connectivity index (χ1n) is 46.1. The predicted octanol–water partition coefficient (Wildman–Crippen LogP) is 4.59. The van der Waals surface area contributed by atoms with Gasteiger partial charge in [-0.2, -0.15) is 0 Å². The van der Waals surface area contributed by atoms with Crippen LogP contribution in [0.3, 0.4) is 0 Å². The van der Waals surface area contributed by atoms with Crippen molar-refractivity contribution in [2.45, 2.75) is 223 Å². The van der Waals surface area contributed by atoms with Crippen LogP contribution in [0.4, 0.5) is 13.2 Å². The molecule has 0 aliphatic carbocycles. The van der Waals surface area contributed by atoms with Gasteiger partial charge in [0.2, 0.25) is 88.6 Å². The van der Waals surface area contributed by atoms with Gasteiger partial charge in [-0.15, -0.1) is 11.8 Å². The molecule has 3 saturated heterocycles. The number of aromatic nitrogens is 1. The molecule has 3 fully saturated rings. The average molecular weight is 1930 g/mol. The highest BCUT2D eigenvalue weighted by atomic mass is 32.2. The summed E-state index contributed by atoms with van der Waals surface area (Å²) in [5.74, 6) is -23.1. The van der Waals surface area contributed by atoms with Crippen LogP contribution in [0, 0.1) is 28.8 Å². The van der Waals surface area contributed by atoms with Gasteiger partial charge in [0.25, 0.3) is 0 Å². The summed E-state index contributed by atoms with van der Waals surface area (Å²) in [6, 6.07) is 15.3. The first kappa shape index (κ1) is 106. The molecular formula is C99H123F3N16O19S. The van der Waals surface area contributed by atoms with Crippen molar-refractivity contribution < 1.29 is 105 Å². The number of nitrogens with zero attached hydrogens (tertiary/aromatic N) is 5. The number of rotatable bonds is 22. The predicted molar refractivity (Wildman–Crippen MR) is 505 cm³/mol. The number of benzene rings is 6. The Balaban J connectivity index is 1.07. The van der Waals surface area contributed by atoms with E-state index in [-0.39, 0.29) is 94.4 Å². The van der Waals surface area contributed by atoms with Crippen molar-refractivity contribution in [2.24, 2.45) is 17.1 Å². The van der Waals surface area contributed by atoms with E-state index < -0.39 is 233 Å². The SMILES string of the molecule is CCCC[C@H]1C(=O)N2CCC[C@@H]2C(=O)N[C@@H](CC(=O)O)C(=O)N[C@@H](C(C)(C)C)C(=O)N(C)C(Cc2ccccc2)C(=O)N[C@@H](Cc2ccc(O)cc2)C(=O)N2CCCC[C@@H]2C(=O)N[C@@H](Cc2c[nH]c3ccccc23)C(=O)N[C@@H](Cc2ccc(O)cc2)C(=O)N[C@@H](CC(C)C)C(=O)N[C@H](C(=O)NCC(N)=O)CSCC(=O)N[C@@H](Cc2cc(F)c(F)c(F)c2)C(=O)N(C)[C@@H](Cc2ccccc2)C(=O)N1C. The number of phenolic OH excluding ortho intramolecular Hbond substituents is 2. The number of carbonyl (C=O) groups is 16. The fourth-order valence-electron chi connectivity index (χ4n) is 17.3. The highest BCUT2D eigenvalue weighted by Crippen LogP contribution is 2.30. The minimum absolute atomic E-state index is 0.00111. The van der Waals surface area contributed by atoms with Crippen molar-refractivity contribution in [3.63, 3.8) is 0 Å². The van der Waals surface area contributed by atoms with Crippen molar-refractivity contribution >= 4 is 117 Å². The summed E-state index contributed by atoms with van der Waals surface area (Å²) in [4.78, 5) is 249. The lowest BCUT2D eigenvalue weighted by molar-refractivity contribution is -0.152. The fraction of sp³-hybridized carbons (Fsp3) is 0.455. The van der Waals surface area contributed by atoms with Gasteiger partial charge in [-0.05, 0) is 132 Å². The van der Waals surface area contributed by atoms with Gasteiger partial charge < -0.3 is 98.4 Å². The smallest absolute Gasteiger partial charge is 0.305 e. The Bertz CT molecular complexity index is 5520. The number of carboxylic acids is 1. The Morgan fingerprint density at radius 2 is 0.978 bits per heavy atom. The third-order valence-electron chi connectivity index (χ3n) is 24.8. The third-order valence-corrected chi connectivity index (χ3v) is 25.8. The molecule has 7 aromatic rings. The maximum absolute atomic E-state index is 16.0. The lowest BCUT2D eigenvalue weighted by Crippen LogP contribution is -2.63. The monoisotopic (exact) mass is 1930 g/mol. The number of aromatic hydroxyl groups is 2. The summed E-state index contributed by atoms with van der Waals surface area (Å²) < 4.78 is 45.2. The molecule has 0 radical (unpaired) electrons. The Morgan fingerprint density at radius 1 is 0.500 bits per heavy atom. The number of phenols is 2. The maximum atomic E-state index is 16.0. The zero-order valence-corrected chi connectivity index (χ0v) is 79.4. The normalized spacial score (nSPS) is 23.3. The molecule has 15 amide bonds. The number of unbranched alkanes of at least 4 members (excludes halogenated alkanes) is 1. The molecule has 35 nitrogen and oxygen atoms in total. The molecule has 10 rings (SSSR count). The summed E-state index contributed by atoms with van der Waals surface area (Å²) in [6.45, 7) is 9.02. The van der Waals surface area contributed by atoms with E-state index in [9.17, 15) is 38.9 Å². The second-order valence-corrected chi connectivity index (χ2v) is 37.8. The van der Waals surface area contributed by atoms with Crippen LogP contribution < -0.4 is 53.6 Å². The van der Waals surface area contributed by atoms with E-state index in [1.807, 2.05) is 6.92 Å². The summed E-state index contributed by atoms with van der Waals surface area (Å²) in [7, 11) is 3.79. The number of likely N-dealkylation sites (N-methyl/N-ethyl adjacent to an activating group) is 3. The number of hydrogen-bond acceptors (Lipinski definition) is 19. The minimum atomic E-state index is -1.96. The van der Waals surface area contributed by atoms with Gasteiger partial charge in [0.05, 0.1) is 18.7 Å². The number of aromatic amines is 1. The Morgan fingerprint density at radius 3 is 1.56 bits per heavy atom. The average Bonchev–Trinajstić information content (AvgIpc) is 1.44. The quantitative estimate of drug-likeness (QED) is 0.0413. The number of hydrogen-bond donors (Lipinski definition) is 14. The van der Waals surface area contributed by atoms with E-state index in [0.717, 1.165) is 14.7 Å². The van der Waals surface area contributed by atoms with Gasteiger partial charge in [0.15, 0.2) is 17.5 Å². The van der Waals surface area contributed by atoms with Gasteiger partial charge in [-0.3, -0.25) is 76.7 Å². The Kier molecular flexibility index (Phi) is 37.9. The first-order valence-corrected chi connectivity index (χ1v) is 47.2. The van der Waals surface area contributed by atoms with Crippen molar-refractivity contribution in [1.29, 1.82) is 0 Å². The van der Waals surface area contributed by atoms with Gasteiger partial charge >= 0.3 is 5.97 Å². The van der Waals surface area contributed by atoms with Crippen LogP contribution in [0.25, 0.3) is 10.9 Å². The van der Waals surface area contributed by atoms with Crippen LogP contribution in [0.1, 0.15) is 139 Å². The molecule has 0 saturated carbocycles. The minimum Gasteiger partial charge on any atom is -0.508 e. The van der Waals surface area contributed by atoms with Gasteiger partial charge in [-0.25, -0.2) is 13.2 Å². The number of nitrogens with one attached hydrogen (secondary N) is 10. The van der Waals surface area contributed by atoms with Crippen molar-refractivity contribution in [3.05, 3.63) is 203 Å². The number of nitrogens with two attached hydrogens (primary N) is 1. The van der Waals surface area contributed by atoms with E-state index in [2.05, 4.69) is 52.8 Å². The van der Waals surface area contributed by atoms with E-state index in [4.69, 9.17) is 5.73 Å². The number of piperidine rings is 1. The number of amides is 15. The molecule has 1 unspecified atom stereocenters. The molecule has 39 heteroatoms. The van der Waals surface area contributed by atoms with E-state index >= 15 is 66.3 Å². The summed E-state index contributed by atoms with van der Waals surface area (Å²) in [6.07, 6.45) is -0.273. The number of carbonyl (C=O) groups excluding carboxylic acids is 15. The van der Waals surface area contributed by atoms with Crippen LogP contribution in [0.5, 0.6) is 11.5 Å². The number of halogens is 3. The van der Waals surface area contributed by atoms with Gasteiger partial charge in [-0.1, -0.05) is 158 Å². The molecule has 3 aliphatic rings. The standard InChI is InChI=1S/C99H123F3N16O19S/c1-10-11-29-78-97(136)118-41-22-31-77(118)92(131)110-72(51-83(123)124)90(129)113-85(99(4,5)6)98(137)115(8)79(48-57-23-14-12-15-24-57)93(132)111-74(46-60-34-38-64(120)39-35-60)95(134)117-40-21-20-30-76(117)91(130)109-71(50-62-52-104-68-28-19-18-27-65(62)68)89(128)108-70(45-59-32-36-63(119)37-33-59)88(127)107-69(42-56(2)3)87(126)112-75(86(125)105-53-81(103)121)54-138-55-82(122)106-73(47-61-43-66(100)84(102)67(101)44-61)94(133)116(9)80(96(135)114(78)7)49-58-25-16-13-17-26-58/h12-19,23-28,32-39,43-44,52,56,69-80,85,104,119-120H,10-11,20-22,29-31,40-42,45-51,53-55H2,1-9H3,(H2,103,121)(H,105,125)(H,106,122)(H,107,127)(H,108,128)(H,109,130)(H,110,131)(H,111,132)(H,112,126)(H,113,129)(H,123,124)/t69-,70-,71-,72-,73-,74-,75-,76+,77+,78-,79?,80-,85+/m0/s1. The molecule has 3 aliphatic heterocycles. The summed E-state index contributed by atoms with van der Waals surface area (Å²) in [5.41, 5.74) is 6.69. The van der Waals surface area contributed by atoms with Crippen LogP contribution in [0.2, 0.25) is 0 Å². The number of H-pyrrole nitrogens is 1. The zero-order chi connectivity index (χ0) is 101. The topological polar surface area (TPSA) is 500 Å². The number of aliphatic carboxylic acids is 1. The van der Waals surface area contributed by atoms with Gasteiger partial charge in [0, 0.05) is 95.6 Å². The number of carboxylic acid groups (broad SMARTS) is 1. The van der Waals surface area contributed by atoms with Crippen LogP contribution in [-0.2, 0) is 115 Å². The fourth-order valence-corrected chi connectivity index (χ4v) is 18.1. The van der Waals surface area contributed by atoms with E-state index in [1.54, 1.807) is 126 Å². The number of thioether (sulfide) groups is 1. The molecule has 138 heavy (non-hydrogen) atoms. The summed E-state index contributed by atoms with van der Waals surface area (Å²) >= 11 is 0.678. The number of fused-ring (bicyclic) bond motifs is 3. The van der Waals surface area contributed by atoms with Crippen molar-refractivity contribution in [1.82, 2.24) is 77.3 Å². The summed E-state index contributed by atoms with van der Waals surface area (Å²) in [5, 5.41) is 56.1. The molecule has 13 atom stereocenters. The highest BCUT2D eigenvalue weighted by molar-refractivity contribution is 8.00. The first-order chi connectivity index (χ1) is 65.6. The molecule has 740 valence electrons. The maximum Gasteiger partial charge on any atom is 0.305 e. The second kappa shape index (κ2) is 49.2. The molecule has 0 bridgehead atoms. The van der Waals surface area contributed by atoms with Crippen LogP contribution >= 0.6 is 11.8 Å². The highest BCUT2D eigenvalue weighted by Gasteiger charge is 2.47. The van der Waals surface area contributed by atoms with Gasteiger partial charge in [0.1, 0.15) is 90.0 Å². The van der Waals surface area contributed by atoms with Crippen molar-refractivity contribution in [2.75, 3.05) is 52.3 Å². The number of para-hydroxylation sites is 1. The molecule has 0 spiro atoms. The zero-order valence-electron chi connectivity index (χ0n) is 78.6. The number of primary amides is 1. The molecule has 6 aromatic carbocycles. The lowest BCUT2D eigenvalue weighted by Gasteiger charge is -2.39. The lowest BCUT2D eigenvalue weighted by atomic mass is 9.85. The molecule has 1 aromatic heterocycles. The Labute approximate surface area is 802 Å². The largest absolute Gasteiger partial charge is 0.508 e. The van der Waals surface area contributed by atoms with Crippen molar-refractivity contribution in [3.8, 4) is 11.5 Å². The van der Waals surface area contributed by atoms with E-state index in [1.165, 1.54) is 79.5 Å². The third kappa shape index (κ3) is 29.1. The van der Waals surface area contributed by atoms with Crippen LogP contribution in [0.15, 0.2) is 152 Å². The molecule has 4 heterocycles. The second-order valence-electron chi connectivity index (χ2n) is 36.8. The van der Waals surface area contributed by atoms with E-state index in [0.29, 0.717) is 88.3 Å². The Hall–Kier alpha value is -13.9. The molecule has 15 N–H and O–H groups in total. The van der Waals surface area contributed by atoms with Crippen LogP contribution in [-0.4, -0.2) is 270 Å². The molecular weight excluding hydrogens is 1810 g/mol.